The number of benzene rings is 4. The number of hydrogen-bond acceptors (Lipinski definition) is 4. The topological polar surface area (TPSA) is 18.5 Å². The molecule has 0 heterocycles. The maximum Gasteiger partial charge on any atom is 0.255 e. The van der Waals surface area contributed by atoms with Crippen LogP contribution in [0.5, 0.6) is 0 Å². The summed E-state index contributed by atoms with van der Waals surface area (Å²) in [6, 6.07) is 46.2. The van der Waals surface area contributed by atoms with E-state index in [2.05, 4.69) is 135 Å². The van der Waals surface area contributed by atoms with Gasteiger partial charge in [-0.3, -0.25) is 0 Å². The van der Waals surface area contributed by atoms with E-state index in [0.29, 0.717) is 0 Å². The van der Waals surface area contributed by atoms with E-state index in [-0.39, 0.29) is 0 Å². The molecule has 0 aliphatic rings. The third-order valence-electron chi connectivity index (χ3n) is 7.84. The molecule has 2 nitrogen and oxygen atoms in total. The van der Waals surface area contributed by atoms with E-state index in [9.17, 15) is 0 Å². The summed E-state index contributed by atoms with van der Waals surface area (Å²) in [5.74, 6) is 1.95. The van der Waals surface area contributed by atoms with Crippen LogP contribution in [-0.2, 0) is 8.85 Å². The molecule has 4 aromatic rings. The Morgan fingerprint density at radius 2 is 0.738 bits per heavy atom. The van der Waals surface area contributed by atoms with Crippen molar-refractivity contribution in [1.82, 2.24) is 0 Å². The molecular weight excluding hydrogens is 585 g/mol. The highest BCUT2D eigenvalue weighted by atomic mass is 33.1. The van der Waals surface area contributed by atoms with Crippen LogP contribution in [0.25, 0.3) is 0 Å². The highest BCUT2D eigenvalue weighted by Crippen LogP contribution is 2.24. The van der Waals surface area contributed by atoms with E-state index < -0.39 is 16.6 Å². The third-order valence-corrected chi connectivity index (χ3v) is 18.7. The average Bonchev–Trinajstić information content (AvgIpc) is 3.07. The van der Waals surface area contributed by atoms with E-state index in [4.69, 9.17) is 8.85 Å². The highest BCUT2D eigenvalue weighted by Gasteiger charge is 2.40. The summed E-state index contributed by atoms with van der Waals surface area (Å²) in [5, 5.41) is 5.52. The molecule has 0 aliphatic heterocycles. The lowest BCUT2D eigenvalue weighted by Gasteiger charge is -2.33. The fraction of sp³-hybridized carbons (Fsp3) is 0.333. The van der Waals surface area contributed by atoms with Crippen molar-refractivity contribution in [2.45, 2.75) is 51.6 Å². The van der Waals surface area contributed by atoms with Crippen LogP contribution in [0.1, 0.15) is 39.5 Å². The van der Waals surface area contributed by atoms with Crippen LogP contribution in [0.4, 0.5) is 0 Å². The largest absolute Gasteiger partial charge is 0.407 e. The fourth-order valence-corrected chi connectivity index (χ4v) is 15.9. The van der Waals surface area contributed by atoms with Crippen molar-refractivity contribution in [3.8, 4) is 0 Å². The van der Waals surface area contributed by atoms with Gasteiger partial charge in [0.15, 0.2) is 0 Å². The molecule has 0 saturated carbocycles. The van der Waals surface area contributed by atoms with Gasteiger partial charge in [-0.1, -0.05) is 182 Å². The zero-order valence-corrected chi connectivity index (χ0v) is 28.9. The molecule has 0 radical (unpaired) electrons. The third kappa shape index (κ3) is 8.74. The Bertz CT molecular complexity index is 1080. The molecule has 42 heavy (non-hydrogen) atoms. The molecule has 0 fully saturated rings. The Morgan fingerprint density at radius 3 is 1.00 bits per heavy atom. The molecule has 0 aliphatic carbocycles. The molecule has 0 spiro atoms. The maximum absolute atomic E-state index is 7.01. The van der Waals surface area contributed by atoms with Crippen LogP contribution in [0.3, 0.4) is 0 Å². The van der Waals surface area contributed by atoms with Gasteiger partial charge in [-0.25, -0.2) is 0 Å². The van der Waals surface area contributed by atoms with E-state index in [1.807, 2.05) is 21.6 Å². The van der Waals surface area contributed by atoms with Gasteiger partial charge in [-0.2, -0.15) is 0 Å². The Balaban J connectivity index is 1.36. The summed E-state index contributed by atoms with van der Waals surface area (Å²) in [5.41, 5.74) is 0. The van der Waals surface area contributed by atoms with E-state index in [1.165, 1.54) is 46.4 Å². The smallest absolute Gasteiger partial charge is 0.255 e. The second-order valence-electron chi connectivity index (χ2n) is 10.7. The first kappa shape index (κ1) is 32.8. The standard InChI is InChI=1S/C36H46O2S2Si2/c1-3-5-31-41(33-19-11-7-12-20-33,34-21-13-8-14-22-34)37-27-29-39-40-30-28-38-42(32-6-4-2,35-23-15-9-16-24-35)36-25-17-10-18-26-36/h7-26H,3-6,27-32H2,1-2H3. The van der Waals surface area contributed by atoms with Crippen LogP contribution in [0.2, 0.25) is 12.1 Å². The van der Waals surface area contributed by atoms with Gasteiger partial charge < -0.3 is 8.85 Å². The van der Waals surface area contributed by atoms with Gasteiger partial charge in [0.1, 0.15) is 0 Å². The molecule has 0 amide bonds. The molecule has 0 atom stereocenters. The second-order valence-corrected chi connectivity index (χ2v) is 20.6. The molecule has 0 unspecified atom stereocenters. The zero-order valence-electron chi connectivity index (χ0n) is 25.3. The average molecular weight is 631 g/mol. The van der Waals surface area contributed by atoms with Crippen molar-refractivity contribution in [3.63, 3.8) is 0 Å². The van der Waals surface area contributed by atoms with Gasteiger partial charge in [0.05, 0.1) is 0 Å². The Hall–Kier alpha value is -2.07. The van der Waals surface area contributed by atoms with Crippen LogP contribution in [-0.4, -0.2) is 41.4 Å². The first-order valence-electron chi connectivity index (χ1n) is 15.5. The molecule has 222 valence electrons. The monoisotopic (exact) mass is 630 g/mol. The lowest BCUT2D eigenvalue weighted by Crippen LogP contribution is -2.61. The number of rotatable bonds is 19. The summed E-state index contributed by atoms with van der Waals surface area (Å²) in [7, 11) is -0.762. The summed E-state index contributed by atoms with van der Waals surface area (Å²) in [6.45, 7) is 6.08. The lowest BCUT2D eigenvalue weighted by molar-refractivity contribution is 0.340. The molecule has 0 aromatic heterocycles. The molecular formula is C36H46O2S2Si2. The van der Waals surface area contributed by atoms with E-state index >= 15 is 0 Å². The Kier molecular flexibility index (Phi) is 14.0. The van der Waals surface area contributed by atoms with Gasteiger partial charge >= 0.3 is 0 Å². The van der Waals surface area contributed by atoms with Crippen LogP contribution in [0.15, 0.2) is 121 Å². The van der Waals surface area contributed by atoms with Gasteiger partial charge in [-0.05, 0) is 32.8 Å². The van der Waals surface area contributed by atoms with Crippen molar-refractivity contribution < 1.29 is 8.85 Å². The summed E-state index contributed by atoms with van der Waals surface area (Å²) >= 11 is 0. The molecule has 0 N–H and O–H groups in total. The first-order chi connectivity index (χ1) is 20.7. The predicted molar refractivity (Wildman–Crippen MR) is 192 cm³/mol. The van der Waals surface area contributed by atoms with E-state index in [0.717, 1.165) is 36.8 Å². The lowest BCUT2D eigenvalue weighted by atomic mass is 10.4. The molecule has 4 aromatic carbocycles. The van der Waals surface area contributed by atoms with E-state index in [1.54, 1.807) is 0 Å². The van der Waals surface area contributed by atoms with Gasteiger partial charge in [0, 0.05) is 24.7 Å². The fourth-order valence-electron chi connectivity index (χ4n) is 5.69. The summed E-state index contributed by atoms with van der Waals surface area (Å²) in [4.78, 5) is 0. The molecule has 0 saturated heterocycles. The Labute approximate surface area is 264 Å². The van der Waals surface area contributed by atoms with Crippen molar-refractivity contribution in [1.29, 1.82) is 0 Å². The minimum Gasteiger partial charge on any atom is -0.407 e. The van der Waals surface area contributed by atoms with Crippen LogP contribution < -0.4 is 20.7 Å². The summed E-state index contributed by atoms with van der Waals surface area (Å²) in [6.07, 6.45) is 4.72. The highest BCUT2D eigenvalue weighted by molar-refractivity contribution is 8.76. The van der Waals surface area contributed by atoms with Crippen molar-refractivity contribution in [2.75, 3.05) is 24.7 Å². The normalized spacial score (nSPS) is 12.0. The van der Waals surface area contributed by atoms with Gasteiger partial charge in [0.25, 0.3) is 16.6 Å². The Morgan fingerprint density at radius 1 is 0.452 bits per heavy atom. The molecule has 0 bridgehead atoms. The zero-order chi connectivity index (χ0) is 29.4. The maximum atomic E-state index is 7.01. The first-order valence-corrected chi connectivity index (χ1v) is 22.2. The second kappa shape index (κ2) is 17.9. The molecule has 6 heteroatoms. The SMILES string of the molecule is CCCC[Si](OCCSSCCO[Si](CCCC)(c1ccccc1)c1ccccc1)(c1ccccc1)c1ccccc1. The van der Waals surface area contributed by atoms with Crippen LogP contribution in [0, 0.1) is 0 Å². The van der Waals surface area contributed by atoms with Crippen molar-refractivity contribution in [3.05, 3.63) is 121 Å². The minimum atomic E-state index is -2.30. The van der Waals surface area contributed by atoms with Crippen molar-refractivity contribution >= 4 is 59.0 Å². The molecule has 4 rings (SSSR count). The van der Waals surface area contributed by atoms with Crippen molar-refractivity contribution in [2.24, 2.45) is 0 Å². The quantitative estimate of drug-likeness (QED) is 0.0606. The number of unbranched alkanes of at least 4 members (excludes halogenated alkanes) is 2. The van der Waals surface area contributed by atoms with Gasteiger partial charge in [0.2, 0.25) is 0 Å². The number of hydrogen-bond donors (Lipinski definition) is 0. The minimum absolute atomic E-state index is 0.765. The van der Waals surface area contributed by atoms with Crippen LogP contribution >= 0.6 is 21.6 Å². The predicted octanol–water partition coefficient (Wildman–Crippen LogP) is 7.52. The van der Waals surface area contributed by atoms with Gasteiger partial charge in [-0.15, -0.1) is 0 Å². The summed E-state index contributed by atoms with van der Waals surface area (Å²) < 4.78 is 14.0.